The van der Waals surface area contributed by atoms with E-state index in [-0.39, 0.29) is 25.3 Å². The Balaban J connectivity index is 1.67. The average Bonchev–Trinajstić information content (AvgIpc) is 2.72. The van der Waals surface area contributed by atoms with Crippen LogP contribution in [0.2, 0.25) is 0 Å². The Morgan fingerprint density at radius 1 is 1.13 bits per heavy atom. The third kappa shape index (κ3) is 5.38. The van der Waals surface area contributed by atoms with E-state index in [1.807, 2.05) is 37.3 Å². The summed E-state index contributed by atoms with van der Waals surface area (Å²) in [6.45, 7) is 1.78. The molecule has 2 atom stereocenters. The van der Waals surface area contributed by atoms with E-state index in [1.54, 1.807) is 0 Å². The molecule has 6 nitrogen and oxygen atoms in total. The van der Waals surface area contributed by atoms with Gasteiger partial charge in [0.25, 0.3) is 0 Å². The zero-order valence-electron chi connectivity index (χ0n) is 16.1. The summed E-state index contributed by atoms with van der Waals surface area (Å²) < 4.78 is 71.2. The first kappa shape index (κ1) is 22.3. The molecule has 0 aliphatic carbocycles. The van der Waals surface area contributed by atoms with E-state index in [4.69, 9.17) is 4.74 Å². The maximum absolute atomic E-state index is 12.8. The lowest BCUT2D eigenvalue weighted by atomic mass is 10.1. The molecule has 1 N–H and O–H groups in total. The lowest BCUT2D eigenvalue weighted by molar-refractivity contribution is -0.143. The predicted molar refractivity (Wildman–Crippen MR) is 103 cm³/mol. The Labute approximate surface area is 172 Å². The highest BCUT2D eigenvalue weighted by atomic mass is 32.2. The number of hydrogen-bond donors (Lipinski definition) is 1. The van der Waals surface area contributed by atoms with Crippen LogP contribution in [0.4, 0.5) is 13.2 Å². The number of hydrogen-bond acceptors (Lipinski definition) is 4. The Kier molecular flexibility index (Phi) is 6.49. The van der Waals surface area contributed by atoms with Crippen LogP contribution >= 0.6 is 0 Å². The lowest BCUT2D eigenvalue weighted by Gasteiger charge is -2.37. The van der Waals surface area contributed by atoms with Gasteiger partial charge in [0, 0.05) is 6.54 Å². The van der Waals surface area contributed by atoms with Crippen LogP contribution in [0, 0.1) is 0 Å². The lowest BCUT2D eigenvalue weighted by Crippen LogP contribution is -2.49. The van der Waals surface area contributed by atoms with E-state index in [0.29, 0.717) is 6.07 Å². The van der Waals surface area contributed by atoms with Gasteiger partial charge in [-0.1, -0.05) is 36.4 Å². The quantitative estimate of drug-likeness (QED) is 0.773. The Morgan fingerprint density at radius 2 is 1.83 bits per heavy atom. The van der Waals surface area contributed by atoms with Crippen molar-refractivity contribution < 1.29 is 31.1 Å². The molecular weight excluding hydrogens is 421 g/mol. The number of carbonyl (C=O) groups excluding carboxylic acids is 1. The molecule has 1 amide bonds. The van der Waals surface area contributed by atoms with Crippen LogP contribution in [0.3, 0.4) is 0 Å². The first-order valence-electron chi connectivity index (χ1n) is 9.21. The van der Waals surface area contributed by atoms with E-state index < -0.39 is 39.1 Å². The predicted octanol–water partition coefficient (Wildman–Crippen LogP) is 2.97. The second-order valence-corrected chi connectivity index (χ2v) is 8.76. The summed E-state index contributed by atoms with van der Waals surface area (Å²) in [4.78, 5) is 13.5. The molecule has 0 radical (unpaired) electrons. The Morgan fingerprint density at radius 3 is 2.50 bits per heavy atom. The van der Waals surface area contributed by atoms with Crippen molar-refractivity contribution >= 4 is 15.9 Å². The van der Waals surface area contributed by atoms with Crippen molar-refractivity contribution in [2.75, 3.05) is 19.6 Å². The van der Waals surface area contributed by atoms with Crippen molar-refractivity contribution in [2.45, 2.75) is 30.2 Å². The summed E-state index contributed by atoms with van der Waals surface area (Å²) in [6, 6.07) is 12.7. The van der Waals surface area contributed by atoms with Crippen molar-refractivity contribution in [3.63, 3.8) is 0 Å². The number of amides is 1. The Hall–Kier alpha value is -2.43. The van der Waals surface area contributed by atoms with Gasteiger partial charge in [0.05, 0.1) is 29.7 Å². The first-order valence-corrected chi connectivity index (χ1v) is 10.7. The fraction of sp³-hybridized carbons (Fsp3) is 0.350. The number of alkyl halides is 3. The highest BCUT2D eigenvalue weighted by Crippen LogP contribution is 2.30. The second kappa shape index (κ2) is 8.75. The normalized spacial score (nSPS) is 20.2. The minimum absolute atomic E-state index is 0.248. The molecule has 2 unspecified atom stereocenters. The summed E-state index contributed by atoms with van der Waals surface area (Å²) in [5.41, 5.74) is -0.184. The van der Waals surface area contributed by atoms with Gasteiger partial charge < -0.3 is 9.64 Å². The number of benzene rings is 2. The fourth-order valence-corrected chi connectivity index (χ4v) is 4.22. The van der Waals surface area contributed by atoms with Crippen LogP contribution in [0.15, 0.2) is 59.5 Å². The average molecular weight is 442 g/mol. The molecule has 1 fully saturated rings. The third-order valence-electron chi connectivity index (χ3n) is 4.67. The number of rotatable bonds is 5. The summed E-state index contributed by atoms with van der Waals surface area (Å²) in [5.74, 6) is -0.485. The molecule has 0 aromatic heterocycles. The van der Waals surface area contributed by atoms with Gasteiger partial charge in [-0.25, -0.2) is 13.1 Å². The van der Waals surface area contributed by atoms with E-state index in [0.717, 1.165) is 23.8 Å². The molecule has 0 saturated carbocycles. The molecule has 1 aliphatic heterocycles. The highest BCUT2D eigenvalue weighted by molar-refractivity contribution is 7.89. The topological polar surface area (TPSA) is 75.7 Å². The molecule has 10 heteroatoms. The molecule has 1 aliphatic rings. The molecular formula is C20H21F3N2O4S. The van der Waals surface area contributed by atoms with Gasteiger partial charge in [0.2, 0.25) is 15.9 Å². The van der Waals surface area contributed by atoms with Crippen LogP contribution in [0.1, 0.15) is 24.2 Å². The number of carbonyl (C=O) groups is 1. The molecule has 1 heterocycles. The monoisotopic (exact) mass is 442 g/mol. The maximum atomic E-state index is 12.8. The molecule has 1 saturated heterocycles. The minimum atomic E-state index is -4.67. The third-order valence-corrected chi connectivity index (χ3v) is 6.07. The Bertz CT molecular complexity index is 997. The van der Waals surface area contributed by atoms with Gasteiger partial charge in [-0.05, 0) is 30.7 Å². The van der Waals surface area contributed by atoms with Gasteiger partial charge >= 0.3 is 6.18 Å². The zero-order valence-corrected chi connectivity index (χ0v) is 16.9. The van der Waals surface area contributed by atoms with E-state index in [1.165, 1.54) is 4.90 Å². The van der Waals surface area contributed by atoms with Crippen LogP contribution in [0.25, 0.3) is 0 Å². The van der Waals surface area contributed by atoms with Gasteiger partial charge in [-0.3, -0.25) is 4.79 Å². The van der Waals surface area contributed by atoms with Gasteiger partial charge in [-0.2, -0.15) is 13.2 Å². The second-order valence-electron chi connectivity index (χ2n) is 6.99. The molecule has 2 aromatic rings. The molecule has 0 spiro atoms. The molecule has 3 rings (SSSR count). The van der Waals surface area contributed by atoms with Crippen molar-refractivity contribution in [1.29, 1.82) is 0 Å². The van der Waals surface area contributed by atoms with Crippen LogP contribution in [-0.4, -0.2) is 45.0 Å². The smallest absolute Gasteiger partial charge is 0.367 e. The number of nitrogens with zero attached hydrogens (tertiary/aromatic N) is 1. The highest BCUT2D eigenvalue weighted by Gasteiger charge is 2.32. The first-order chi connectivity index (χ1) is 14.1. The molecule has 162 valence electrons. The molecule has 30 heavy (non-hydrogen) atoms. The number of sulfonamides is 1. The minimum Gasteiger partial charge on any atom is -0.367 e. The molecule has 2 aromatic carbocycles. The van der Waals surface area contributed by atoms with Crippen LogP contribution < -0.4 is 4.72 Å². The van der Waals surface area contributed by atoms with Gasteiger partial charge in [-0.15, -0.1) is 0 Å². The van der Waals surface area contributed by atoms with E-state index in [2.05, 4.69) is 4.72 Å². The van der Waals surface area contributed by atoms with Crippen molar-refractivity contribution in [3.8, 4) is 0 Å². The molecule has 0 bridgehead atoms. The SMILES string of the molecule is CC1CN(C(=O)CNS(=O)(=O)c2cccc(C(F)(F)F)c2)CC(c2ccccc2)O1. The maximum Gasteiger partial charge on any atom is 0.416 e. The van der Waals surface area contributed by atoms with Crippen molar-refractivity contribution in [1.82, 2.24) is 9.62 Å². The number of halogens is 3. The number of morpholine rings is 1. The standard InChI is InChI=1S/C20H21F3N2O4S/c1-14-12-25(13-18(29-14)15-6-3-2-4-7-15)19(26)11-24-30(27,28)17-9-5-8-16(10-17)20(21,22)23/h2-10,14,18,24H,11-13H2,1H3. The number of nitrogens with one attached hydrogen (secondary N) is 1. The van der Waals surface area contributed by atoms with Crippen molar-refractivity contribution in [3.05, 3.63) is 65.7 Å². The summed E-state index contributed by atoms with van der Waals surface area (Å²) in [5, 5.41) is 0. The van der Waals surface area contributed by atoms with Gasteiger partial charge in [0.1, 0.15) is 6.10 Å². The fourth-order valence-electron chi connectivity index (χ4n) is 3.20. The van der Waals surface area contributed by atoms with Gasteiger partial charge in [0.15, 0.2) is 0 Å². The summed E-state index contributed by atoms with van der Waals surface area (Å²) in [6.07, 6.45) is -5.27. The van der Waals surface area contributed by atoms with Crippen molar-refractivity contribution in [2.24, 2.45) is 0 Å². The van der Waals surface area contributed by atoms with Crippen LogP contribution in [0.5, 0.6) is 0 Å². The van der Waals surface area contributed by atoms with E-state index in [9.17, 15) is 26.4 Å². The summed E-state index contributed by atoms with van der Waals surface area (Å²) in [7, 11) is -4.28. The number of ether oxygens (including phenoxy) is 1. The van der Waals surface area contributed by atoms with E-state index >= 15 is 0 Å². The zero-order chi connectivity index (χ0) is 21.9. The largest absolute Gasteiger partial charge is 0.416 e. The summed E-state index contributed by atoms with van der Waals surface area (Å²) >= 11 is 0. The van der Waals surface area contributed by atoms with Crippen LogP contribution in [-0.2, 0) is 25.7 Å².